The summed E-state index contributed by atoms with van der Waals surface area (Å²) in [5.41, 5.74) is 4.26. The maximum atomic E-state index is 12.7. The van der Waals surface area contributed by atoms with Gasteiger partial charge in [0.1, 0.15) is 29.1 Å². The lowest BCUT2D eigenvalue weighted by molar-refractivity contribution is -0.123. The van der Waals surface area contributed by atoms with Gasteiger partial charge in [-0.25, -0.2) is 4.79 Å². The molecule has 1 aliphatic heterocycles. The summed E-state index contributed by atoms with van der Waals surface area (Å²) < 4.78 is 5.92. The Bertz CT molecular complexity index is 889. The molecule has 158 valence electrons. The molecule has 0 fully saturated rings. The smallest absolute Gasteiger partial charge is 0.408 e. The van der Waals surface area contributed by atoms with Crippen LogP contribution in [-0.2, 0) is 27.4 Å². The molecule has 0 aliphatic carbocycles. The van der Waals surface area contributed by atoms with Gasteiger partial charge in [-0.1, -0.05) is 42.5 Å². The van der Waals surface area contributed by atoms with E-state index in [-0.39, 0.29) is 37.3 Å². The van der Waals surface area contributed by atoms with Crippen LogP contribution in [0.5, 0.6) is 5.75 Å². The molecule has 2 aromatic rings. The van der Waals surface area contributed by atoms with Crippen LogP contribution in [0.4, 0.5) is 4.79 Å². The standard InChI is InChI=1S/C21H22BrN3O5/c22-19-11-17(30-25-19)12-23-20(27)18(10-14-6-8-16(26)9-7-14)24-21(28)29-13-15-4-2-1-3-5-15/h1-9,11,17-18,25-26H,10,12-13H2,(H,23,27)(H,24,28)/t17-,18-/m0/s1. The maximum absolute atomic E-state index is 12.7. The lowest BCUT2D eigenvalue weighted by atomic mass is 10.1. The summed E-state index contributed by atoms with van der Waals surface area (Å²) in [5, 5.41) is 14.8. The SMILES string of the molecule is O=C(N[C@@H](Cc1ccc(O)cc1)C(=O)NC[C@@H]1C=C(Br)NO1)OCc1ccccc1. The summed E-state index contributed by atoms with van der Waals surface area (Å²) in [4.78, 5) is 30.3. The highest BCUT2D eigenvalue weighted by molar-refractivity contribution is 9.11. The van der Waals surface area contributed by atoms with Gasteiger partial charge in [0.15, 0.2) is 0 Å². The highest BCUT2D eigenvalue weighted by Gasteiger charge is 2.24. The number of rotatable bonds is 8. The Hall–Kier alpha value is -3.04. The molecular weight excluding hydrogens is 454 g/mol. The van der Waals surface area contributed by atoms with Crippen molar-refractivity contribution in [2.45, 2.75) is 25.2 Å². The number of hydrogen-bond acceptors (Lipinski definition) is 6. The van der Waals surface area contributed by atoms with Gasteiger partial charge in [-0.15, -0.1) is 0 Å². The van der Waals surface area contributed by atoms with Gasteiger partial charge in [-0.3, -0.25) is 15.1 Å². The number of hydroxylamine groups is 1. The molecule has 0 unspecified atom stereocenters. The number of carbonyl (C=O) groups excluding carboxylic acids is 2. The van der Waals surface area contributed by atoms with Crippen LogP contribution in [0.25, 0.3) is 0 Å². The fraction of sp³-hybridized carbons (Fsp3) is 0.238. The fourth-order valence-corrected chi connectivity index (χ4v) is 3.16. The van der Waals surface area contributed by atoms with E-state index in [9.17, 15) is 14.7 Å². The molecule has 2 aromatic carbocycles. The zero-order chi connectivity index (χ0) is 21.3. The Morgan fingerprint density at radius 2 is 1.87 bits per heavy atom. The van der Waals surface area contributed by atoms with E-state index in [0.29, 0.717) is 4.61 Å². The number of benzene rings is 2. The first-order valence-electron chi connectivity index (χ1n) is 9.31. The number of phenolic OH excluding ortho intramolecular Hbond substituents is 1. The number of carbonyl (C=O) groups is 2. The van der Waals surface area contributed by atoms with Gasteiger partial charge in [0.05, 0.1) is 6.54 Å². The van der Waals surface area contributed by atoms with Crippen molar-refractivity contribution in [2.75, 3.05) is 6.54 Å². The molecule has 0 aromatic heterocycles. The summed E-state index contributed by atoms with van der Waals surface area (Å²) in [6, 6.07) is 14.8. The topological polar surface area (TPSA) is 109 Å². The Morgan fingerprint density at radius 3 is 2.53 bits per heavy atom. The first-order chi connectivity index (χ1) is 14.5. The lowest BCUT2D eigenvalue weighted by Gasteiger charge is -2.19. The molecule has 0 radical (unpaired) electrons. The molecule has 1 heterocycles. The average molecular weight is 476 g/mol. The summed E-state index contributed by atoms with van der Waals surface area (Å²) in [6.45, 7) is 0.328. The number of hydrogen-bond donors (Lipinski definition) is 4. The first-order valence-corrected chi connectivity index (χ1v) is 10.1. The Labute approximate surface area is 182 Å². The van der Waals surface area contributed by atoms with Gasteiger partial charge < -0.3 is 20.5 Å². The van der Waals surface area contributed by atoms with Crippen molar-refractivity contribution in [3.8, 4) is 5.75 Å². The molecule has 2 atom stereocenters. The Balaban J connectivity index is 1.59. The van der Waals surface area contributed by atoms with Gasteiger partial charge in [0.25, 0.3) is 0 Å². The van der Waals surface area contributed by atoms with Crippen molar-refractivity contribution < 1.29 is 24.3 Å². The Morgan fingerprint density at radius 1 is 1.13 bits per heavy atom. The molecule has 0 bridgehead atoms. The molecule has 8 nitrogen and oxygen atoms in total. The second-order valence-corrected chi connectivity index (χ2v) is 7.50. The normalized spacial score (nSPS) is 16.2. The molecule has 30 heavy (non-hydrogen) atoms. The number of amides is 2. The largest absolute Gasteiger partial charge is 0.508 e. The summed E-state index contributed by atoms with van der Waals surface area (Å²) in [5.74, 6) is -0.252. The lowest BCUT2D eigenvalue weighted by Crippen LogP contribution is -2.49. The number of alkyl carbamates (subject to hydrolysis) is 1. The van der Waals surface area contributed by atoms with Crippen LogP contribution in [-0.4, -0.2) is 35.8 Å². The maximum Gasteiger partial charge on any atom is 0.408 e. The molecule has 1 aliphatic rings. The van der Waals surface area contributed by atoms with Crippen LogP contribution in [0.3, 0.4) is 0 Å². The molecule has 0 spiro atoms. The molecular formula is C21H22BrN3O5. The van der Waals surface area contributed by atoms with Gasteiger partial charge in [-0.05, 0) is 45.3 Å². The van der Waals surface area contributed by atoms with E-state index in [0.717, 1.165) is 11.1 Å². The van der Waals surface area contributed by atoms with E-state index in [4.69, 9.17) is 9.57 Å². The van der Waals surface area contributed by atoms with E-state index < -0.39 is 12.1 Å². The number of halogens is 1. The van der Waals surface area contributed by atoms with Crippen LogP contribution in [0.2, 0.25) is 0 Å². The molecule has 0 saturated carbocycles. The summed E-state index contributed by atoms with van der Waals surface area (Å²) in [7, 11) is 0. The van der Waals surface area contributed by atoms with Crippen molar-refractivity contribution in [3.05, 3.63) is 76.4 Å². The average Bonchev–Trinajstić information content (AvgIpc) is 3.17. The summed E-state index contributed by atoms with van der Waals surface area (Å²) >= 11 is 3.25. The monoisotopic (exact) mass is 475 g/mol. The van der Waals surface area contributed by atoms with Crippen LogP contribution < -0.4 is 16.1 Å². The van der Waals surface area contributed by atoms with E-state index in [1.165, 1.54) is 12.1 Å². The van der Waals surface area contributed by atoms with Crippen LogP contribution in [0, 0.1) is 0 Å². The van der Waals surface area contributed by atoms with Gasteiger partial charge in [0, 0.05) is 6.42 Å². The second-order valence-electron chi connectivity index (χ2n) is 6.65. The van der Waals surface area contributed by atoms with Crippen LogP contribution >= 0.6 is 15.9 Å². The van der Waals surface area contributed by atoms with E-state index >= 15 is 0 Å². The van der Waals surface area contributed by atoms with Crippen LogP contribution in [0.15, 0.2) is 65.3 Å². The third kappa shape index (κ3) is 6.78. The zero-order valence-electron chi connectivity index (χ0n) is 16.0. The number of ether oxygens (including phenoxy) is 1. The van der Waals surface area contributed by atoms with Crippen molar-refractivity contribution >= 4 is 27.9 Å². The van der Waals surface area contributed by atoms with Crippen molar-refractivity contribution in [1.29, 1.82) is 0 Å². The quantitative estimate of drug-likeness (QED) is 0.436. The first kappa shape index (κ1) is 21.7. The number of phenols is 1. The van der Waals surface area contributed by atoms with Crippen molar-refractivity contribution in [2.24, 2.45) is 0 Å². The van der Waals surface area contributed by atoms with E-state index in [2.05, 4.69) is 32.0 Å². The third-order valence-electron chi connectivity index (χ3n) is 4.31. The molecule has 0 saturated heterocycles. The van der Waals surface area contributed by atoms with Crippen molar-refractivity contribution in [1.82, 2.24) is 16.1 Å². The van der Waals surface area contributed by atoms with Gasteiger partial charge >= 0.3 is 6.09 Å². The zero-order valence-corrected chi connectivity index (χ0v) is 17.6. The molecule has 4 N–H and O–H groups in total. The summed E-state index contributed by atoms with van der Waals surface area (Å²) in [6.07, 6.45) is 0.981. The van der Waals surface area contributed by atoms with E-state index in [1.807, 2.05) is 30.3 Å². The number of aromatic hydroxyl groups is 1. The highest BCUT2D eigenvalue weighted by Crippen LogP contribution is 2.13. The van der Waals surface area contributed by atoms with Gasteiger partial charge in [0.2, 0.25) is 5.91 Å². The predicted octanol–water partition coefficient (Wildman–Crippen LogP) is 2.49. The van der Waals surface area contributed by atoms with Crippen LogP contribution in [0.1, 0.15) is 11.1 Å². The fourth-order valence-electron chi connectivity index (χ4n) is 2.77. The minimum Gasteiger partial charge on any atom is -0.508 e. The minimum atomic E-state index is -0.861. The third-order valence-corrected chi connectivity index (χ3v) is 4.74. The Kier molecular flexibility index (Phi) is 7.69. The molecule has 2 amide bonds. The predicted molar refractivity (Wildman–Crippen MR) is 113 cm³/mol. The van der Waals surface area contributed by atoms with Crippen molar-refractivity contribution in [3.63, 3.8) is 0 Å². The highest BCUT2D eigenvalue weighted by atomic mass is 79.9. The molecule has 3 rings (SSSR count). The minimum absolute atomic E-state index is 0.0978. The van der Waals surface area contributed by atoms with E-state index in [1.54, 1.807) is 18.2 Å². The second kappa shape index (κ2) is 10.7. The van der Waals surface area contributed by atoms with Gasteiger partial charge in [-0.2, -0.15) is 0 Å². The number of nitrogens with one attached hydrogen (secondary N) is 3. The molecule has 9 heteroatoms.